The Morgan fingerprint density at radius 1 is 1.15 bits per heavy atom. The summed E-state index contributed by atoms with van der Waals surface area (Å²) in [5, 5.41) is 8.66. The van der Waals surface area contributed by atoms with Gasteiger partial charge in [0.15, 0.2) is 0 Å². The molecular formula is C12H11BrClN3O2S. The van der Waals surface area contributed by atoms with E-state index in [0.717, 1.165) is 0 Å². The lowest BCUT2D eigenvalue weighted by atomic mass is 10.2. The fourth-order valence-corrected chi connectivity index (χ4v) is 2.89. The van der Waals surface area contributed by atoms with Crippen molar-refractivity contribution < 1.29 is 8.42 Å². The van der Waals surface area contributed by atoms with Gasteiger partial charge < -0.3 is 11.1 Å². The number of nitrogen functional groups attached to an aromatic ring is 1. The van der Waals surface area contributed by atoms with E-state index in [2.05, 4.69) is 21.2 Å². The molecule has 0 aliphatic rings. The van der Waals surface area contributed by atoms with Crippen molar-refractivity contribution in [1.82, 2.24) is 0 Å². The molecule has 0 heterocycles. The molecule has 106 valence electrons. The molecule has 8 heteroatoms. The molecule has 0 aliphatic carbocycles. The van der Waals surface area contributed by atoms with Crippen LogP contribution in [0.1, 0.15) is 0 Å². The van der Waals surface area contributed by atoms with E-state index < -0.39 is 10.0 Å². The third kappa shape index (κ3) is 3.24. The quantitative estimate of drug-likeness (QED) is 0.717. The second-order valence-corrected chi connectivity index (χ2v) is 6.76. The van der Waals surface area contributed by atoms with E-state index in [1.54, 1.807) is 30.3 Å². The molecule has 0 unspecified atom stereocenters. The van der Waals surface area contributed by atoms with E-state index in [4.69, 9.17) is 22.5 Å². The Morgan fingerprint density at radius 3 is 2.50 bits per heavy atom. The molecule has 0 atom stereocenters. The summed E-state index contributed by atoms with van der Waals surface area (Å²) in [6.45, 7) is 0. The third-order valence-corrected chi connectivity index (χ3v) is 4.88. The summed E-state index contributed by atoms with van der Waals surface area (Å²) < 4.78 is 23.8. The van der Waals surface area contributed by atoms with Gasteiger partial charge in [0, 0.05) is 5.69 Å². The lowest BCUT2D eigenvalue weighted by Crippen LogP contribution is -2.14. The second-order valence-electron chi connectivity index (χ2n) is 4.03. The Labute approximate surface area is 130 Å². The van der Waals surface area contributed by atoms with E-state index in [0.29, 0.717) is 26.6 Å². The maximum absolute atomic E-state index is 11.6. The minimum Gasteiger partial charge on any atom is -0.399 e. The van der Waals surface area contributed by atoms with E-state index in [9.17, 15) is 8.42 Å². The van der Waals surface area contributed by atoms with E-state index in [1.165, 1.54) is 6.07 Å². The van der Waals surface area contributed by atoms with Crippen LogP contribution < -0.4 is 16.2 Å². The maximum atomic E-state index is 11.6. The number of anilines is 3. The van der Waals surface area contributed by atoms with Gasteiger partial charge in [-0.1, -0.05) is 17.7 Å². The highest BCUT2D eigenvalue weighted by Gasteiger charge is 2.15. The zero-order valence-electron chi connectivity index (χ0n) is 10.1. The first-order chi connectivity index (χ1) is 9.29. The average Bonchev–Trinajstić information content (AvgIpc) is 2.36. The Bertz CT molecular complexity index is 765. The van der Waals surface area contributed by atoms with Crippen LogP contribution in [0.3, 0.4) is 0 Å². The Kier molecular flexibility index (Phi) is 4.24. The van der Waals surface area contributed by atoms with Crippen molar-refractivity contribution in [2.45, 2.75) is 4.90 Å². The summed E-state index contributed by atoms with van der Waals surface area (Å²) in [6, 6.07) is 9.62. The first-order valence-corrected chi connectivity index (χ1v) is 8.14. The van der Waals surface area contributed by atoms with Crippen LogP contribution in [0.2, 0.25) is 5.02 Å². The summed E-state index contributed by atoms with van der Waals surface area (Å²) in [6.07, 6.45) is 0. The van der Waals surface area contributed by atoms with Crippen molar-refractivity contribution in [1.29, 1.82) is 0 Å². The molecule has 0 aliphatic heterocycles. The molecule has 5 N–H and O–H groups in total. The SMILES string of the molecule is Nc1ccc(Nc2cccc(Cl)c2Br)c(S(N)(=O)=O)c1. The summed E-state index contributed by atoms with van der Waals surface area (Å²) in [5.74, 6) is 0. The van der Waals surface area contributed by atoms with Crippen LogP contribution in [-0.2, 0) is 10.0 Å². The van der Waals surface area contributed by atoms with Gasteiger partial charge in [-0.3, -0.25) is 0 Å². The highest BCUT2D eigenvalue weighted by molar-refractivity contribution is 9.10. The fraction of sp³-hybridized carbons (Fsp3) is 0. The number of sulfonamides is 1. The molecule has 2 aromatic rings. The number of nitrogens with one attached hydrogen (secondary N) is 1. The van der Waals surface area contributed by atoms with Crippen LogP contribution in [-0.4, -0.2) is 8.42 Å². The van der Waals surface area contributed by atoms with Gasteiger partial charge in [-0.15, -0.1) is 0 Å². The molecule has 0 spiro atoms. The van der Waals surface area contributed by atoms with Gasteiger partial charge in [-0.2, -0.15) is 0 Å². The first-order valence-electron chi connectivity index (χ1n) is 5.42. The standard InChI is InChI=1S/C12H11BrClN3O2S/c13-12-8(14)2-1-3-10(12)17-9-5-4-7(15)6-11(9)20(16,18)19/h1-6,17H,15H2,(H2,16,18,19). The molecule has 20 heavy (non-hydrogen) atoms. The third-order valence-electron chi connectivity index (χ3n) is 2.53. The van der Waals surface area contributed by atoms with Crippen LogP contribution in [0.15, 0.2) is 45.8 Å². The monoisotopic (exact) mass is 375 g/mol. The zero-order chi connectivity index (χ0) is 14.9. The average molecular weight is 377 g/mol. The molecule has 0 fully saturated rings. The molecule has 0 amide bonds. The van der Waals surface area contributed by atoms with E-state index in [1.807, 2.05) is 0 Å². The van der Waals surface area contributed by atoms with Gasteiger partial charge in [-0.25, -0.2) is 13.6 Å². The molecule has 5 nitrogen and oxygen atoms in total. The number of primary sulfonamides is 1. The first kappa shape index (κ1) is 15.1. The summed E-state index contributed by atoms with van der Waals surface area (Å²) in [7, 11) is -3.89. The smallest absolute Gasteiger partial charge is 0.240 e. The Balaban J connectivity index is 2.52. The van der Waals surface area contributed by atoms with Crippen molar-refractivity contribution in [3.8, 4) is 0 Å². The molecule has 0 radical (unpaired) electrons. The van der Waals surface area contributed by atoms with Gasteiger partial charge in [0.05, 0.1) is 20.9 Å². The second kappa shape index (κ2) is 5.61. The van der Waals surface area contributed by atoms with Gasteiger partial charge in [-0.05, 0) is 46.3 Å². The number of hydrogen-bond acceptors (Lipinski definition) is 4. The predicted molar refractivity (Wildman–Crippen MR) is 84.7 cm³/mol. The van der Waals surface area contributed by atoms with Gasteiger partial charge in [0.25, 0.3) is 0 Å². The molecule has 2 aromatic carbocycles. The van der Waals surface area contributed by atoms with Crippen molar-refractivity contribution in [2.75, 3.05) is 11.1 Å². The van der Waals surface area contributed by atoms with Crippen molar-refractivity contribution in [3.63, 3.8) is 0 Å². The van der Waals surface area contributed by atoms with Crippen LogP contribution in [0.25, 0.3) is 0 Å². The van der Waals surface area contributed by atoms with Crippen molar-refractivity contribution in [3.05, 3.63) is 45.9 Å². The van der Waals surface area contributed by atoms with Crippen LogP contribution >= 0.6 is 27.5 Å². The number of hydrogen-bond donors (Lipinski definition) is 3. The summed E-state index contributed by atoms with van der Waals surface area (Å²) in [5.41, 5.74) is 6.84. The minimum atomic E-state index is -3.89. The Hall–Kier alpha value is -1.28. The van der Waals surface area contributed by atoms with Crippen molar-refractivity contribution in [2.24, 2.45) is 5.14 Å². The molecule has 0 saturated heterocycles. The largest absolute Gasteiger partial charge is 0.399 e. The number of halogens is 2. The maximum Gasteiger partial charge on any atom is 0.240 e. The Morgan fingerprint density at radius 2 is 1.85 bits per heavy atom. The van der Waals surface area contributed by atoms with Crippen molar-refractivity contribution >= 4 is 54.6 Å². The highest BCUT2D eigenvalue weighted by Crippen LogP contribution is 2.34. The van der Waals surface area contributed by atoms with E-state index in [-0.39, 0.29) is 4.90 Å². The summed E-state index contributed by atoms with van der Waals surface area (Å²) >= 11 is 9.31. The number of rotatable bonds is 3. The van der Waals surface area contributed by atoms with Gasteiger partial charge in [0.1, 0.15) is 4.90 Å². The number of nitrogens with two attached hydrogens (primary N) is 2. The molecule has 0 saturated carbocycles. The zero-order valence-corrected chi connectivity index (χ0v) is 13.3. The molecular weight excluding hydrogens is 366 g/mol. The number of benzene rings is 2. The minimum absolute atomic E-state index is 0.0793. The highest BCUT2D eigenvalue weighted by atomic mass is 79.9. The van der Waals surface area contributed by atoms with E-state index >= 15 is 0 Å². The normalized spacial score (nSPS) is 11.3. The topological polar surface area (TPSA) is 98.2 Å². The molecule has 0 bridgehead atoms. The lowest BCUT2D eigenvalue weighted by molar-refractivity contribution is 0.598. The van der Waals surface area contributed by atoms with Crippen LogP contribution in [0, 0.1) is 0 Å². The molecule has 2 rings (SSSR count). The predicted octanol–water partition coefficient (Wildman–Crippen LogP) is 3.08. The van der Waals surface area contributed by atoms with Crippen LogP contribution in [0.4, 0.5) is 17.1 Å². The van der Waals surface area contributed by atoms with Crippen LogP contribution in [0.5, 0.6) is 0 Å². The summed E-state index contributed by atoms with van der Waals surface area (Å²) in [4.78, 5) is -0.0793. The van der Waals surface area contributed by atoms with Gasteiger partial charge >= 0.3 is 0 Å². The fourth-order valence-electron chi connectivity index (χ4n) is 1.62. The van der Waals surface area contributed by atoms with Gasteiger partial charge in [0.2, 0.25) is 10.0 Å². The molecule has 0 aromatic heterocycles. The lowest BCUT2D eigenvalue weighted by Gasteiger charge is -2.13.